The van der Waals surface area contributed by atoms with Crippen molar-refractivity contribution in [1.29, 1.82) is 0 Å². The van der Waals surface area contributed by atoms with E-state index >= 15 is 0 Å². The average Bonchev–Trinajstić information content (AvgIpc) is 2.87. The van der Waals surface area contributed by atoms with Crippen LogP contribution in [0, 0.1) is 0 Å². The first-order valence-corrected chi connectivity index (χ1v) is 11.8. The van der Waals surface area contributed by atoms with Gasteiger partial charge in [0.2, 0.25) is 23.6 Å². The standard InChI is InChI=1S/C26H33N5O6/c1-16(26(36)37)29-24(34)20(14-17-8-4-2-5-9-17)31-25(35)21(15-18-10-6-3-7-11-18)30-23(33)19(27)12-13-22(28)32/h2-11,16,19-21H,12-15,27H2,1H3,(H2,28,32)(H,29,34)(H,30,33)(H,31,35)(H,36,37). The molecule has 4 amide bonds. The molecule has 2 aromatic rings. The number of carbonyl (C=O) groups excluding carboxylic acids is 4. The van der Waals surface area contributed by atoms with E-state index in [1.165, 1.54) is 6.92 Å². The molecule has 4 unspecified atom stereocenters. The monoisotopic (exact) mass is 511 g/mol. The van der Waals surface area contributed by atoms with Crippen molar-refractivity contribution in [3.63, 3.8) is 0 Å². The third kappa shape index (κ3) is 10.1. The molecule has 198 valence electrons. The van der Waals surface area contributed by atoms with Gasteiger partial charge in [0.15, 0.2) is 0 Å². The third-order valence-electron chi connectivity index (χ3n) is 5.60. The van der Waals surface area contributed by atoms with Gasteiger partial charge in [0.1, 0.15) is 18.1 Å². The number of nitrogens with one attached hydrogen (secondary N) is 3. The summed E-state index contributed by atoms with van der Waals surface area (Å²) in [5, 5.41) is 16.8. The second-order valence-electron chi connectivity index (χ2n) is 8.68. The van der Waals surface area contributed by atoms with Crippen LogP contribution >= 0.6 is 0 Å². The van der Waals surface area contributed by atoms with Gasteiger partial charge in [-0.05, 0) is 24.5 Å². The molecule has 0 radical (unpaired) electrons. The number of aliphatic carboxylic acids is 1. The number of carboxylic acid groups (broad SMARTS) is 1. The van der Waals surface area contributed by atoms with Crippen molar-refractivity contribution >= 4 is 29.6 Å². The van der Waals surface area contributed by atoms with Crippen LogP contribution in [0.3, 0.4) is 0 Å². The number of carbonyl (C=O) groups is 5. The Morgan fingerprint density at radius 3 is 1.62 bits per heavy atom. The van der Waals surface area contributed by atoms with E-state index in [9.17, 15) is 29.1 Å². The first kappa shape index (κ1) is 29.0. The van der Waals surface area contributed by atoms with Crippen molar-refractivity contribution < 1.29 is 29.1 Å². The number of benzene rings is 2. The molecule has 0 aliphatic heterocycles. The quantitative estimate of drug-likeness (QED) is 0.199. The van der Waals surface area contributed by atoms with Crippen LogP contribution in [-0.4, -0.2) is 58.9 Å². The minimum absolute atomic E-state index is 0.00690. The minimum atomic E-state index is -1.22. The van der Waals surface area contributed by atoms with Crippen molar-refractivity contribution in [3.8, 4) is 0 Å². The molecular weight excluding hydrogens is 478 g/mol. The highest BCUT2D eigenvalue weighted by molar-refractivity contribution is 5.94. The zero-order valence-electron chi connectivity index (χ0n) is 20.6. The molecule has 0 aromatic heterocycles. The summed E-state index contributed by atoms with van der Waals surface area (Å²) in [6.45, 7) is 1.31. The first-order valence-electron chi connectivity index (χ1n) is 11.8. The van der Waals surface area contributed by atoms with Crippen molar-refractivity contribution in [3.05, 3.63) is 71.8 Å². The van der Waals surface area contributed by atoms with Gasteiger partial charge >= 0.3 is 5.97 Å². The van der Waals surface area contributed by atoms with Crippen molar-refractivity contribution in [1.82, 2.24) is 16.0 Å². The molecule has 0 aliphatic carbocycles. The highest BCUT2D eigenvalue weighted by Gasteiger charge is 2.30. The SMILES string of the molecule is CC(NC(=O)C(Cc1ccccc1)NC(=O)C(Cc1ccccc1)NC(=O)C(N)CCC(N)=O)C(=O)O. The molecule has 0 saturated carbocycles. The van der Waals surface area contributed by atoms with E-state index in [1.807, 2.05) is 0 Å². The summed E-state index contributed by atoms with van der Waals surface area (Å²) in [5.41, 5.74) is 12.5. The van der Waals surface area contributed by atoms with Crippen LogP contribution in [0.1, 0.15) is 30.9 Å². The maximum absolute atomic E-state index is 13.4. The number of nitrogens with two attached hydrogens (primary N) is 2. The zero-order chi connectivity index (χ0) is 27.4. The smallest absolute Gasteiger partial charge is 0.325 e. The van der Waals surface area contributed by atoms with Gasteiger partial charge in [-0.15, -0.1) is 0 Å². The van der Waals surface area contributed by atoms with E-state index < -0.39 is 53.8 Å². The van der Waals surface area contributed by atoms with E-state index in [4.69, 9.17) is 11.5 Å². The van der Waals surface area contributed by atoms with Gasteiger partial charge in [-0.3, -0.25) is 24.0 Å². The van der Waals surface area contributed by atoms with Gasteiger partial charge < -0.3 is 32.5 Å². The fourth-order valence-electron chi connectivity index (χ4n) is 3.47. The molecule has 4 atom stereocenters. The molecule has 2 aromatic carbocycles. The van der Waals surface area contributed by atoms with Crippen LogP contribution < -0.4 is 27.4 Å². The molecule has 2 rings (SSSR count). The molecule has 11 heteroatoms. The lowest BCUT2D eigenvalue weighted by Crippen LogP contribution is -2.58. The zero-order valence-corrected chi connectivity index (χ0v) is 20.6. The molecule has 0 bridgehead atoms. The van der Waals surface area contributed by atoms with Gasteiger partial charge in [-0.25, -0.2) is 0 Å². The summed E-state index contributed by atoms with van der Waals surface area (Å²) in [6.07, 6.45) is 0.110. The van der Waals surface area contributed by atoms with Crippen LogP contribution in [0.15, 0.2) is 60.7 Å². The van der Waals surface area contributed by atoms with Gasteiger partial charge in [-0.2, -0.15) is 0 Å². The fourth-order valence-corrected chi connectivity index (χ4v) is 3.47. The van der Waals surface area contributed by atoms with Crippen molar-refractivity contribution in [2.75, 3.05) is 0 Å². The highest BCUT2D eigenvalue weighted by atomic mass is 16.4. The van der Waals surface area contributed by atoms with Crippen LogP contribution in [-0.2, 0) is 36.8 Å². The van der Waals surface area contributed by atoms with Gasteiger partial charge in [0.05, 0.1) is 6.04 Å². The summed E-state index contributed by atoms with van der Waals surface area (Å²) >= 11 is 0. The topological polar surface area (TPSA) is 194 Å². The summed E-state index contributed by atoms with van der Waals surface area (Å²) in [4.78, 5) is 61.2. The molecule has 0 fully saturated rings. The Labute approximate surface area is 215 Å². The molecule has 0 aliphatic rings. The highest BCUT2D eigenvalue weighted by Crippen LogP contribution is 2.08. The molecule has 37 heavy (non-hydrogen) atoms. The number of carboxylic acids is 1. The Morgan fingerprint density at radius 2 is 1.19 bits per heavy atom. The van der Waals surface area contributed by atoms with E-state index in [0.717, 1.165) is 11.1 Å². The molecule has 8 N–H and O–H groups in total. The number of hydrogen-bond acceptors (Lipinski definition) is 6. The predicted octanol–water partition coefficient (Wildman–Crippen LogP) is -0.376. The summed E-state index contributed by atoms with van der Waals surface area (Å²) < 4.78 is 0. The third-order valence-corrected chi connectivity index (χ3v) is 5.60. The largest absolute Gasteiger partial charge is 0.480 e. The second-order valence-corrected chi connectivity index (χ2v) is 8.68. The maximum atomic E-state index is 13.4. The number of hydrogen-bond donors (Lipinski definition) is 6. The number of amides is 4. The van der Waals surface area contributed by atoms with Crippen LogP contribution in [0.25, 0.3) is 0 Å². The molecule has 11 nitrogen and oxygen atoms in total. The van der Waals surface area contributed by atoms with Crippen LogP contribution in [0.2, 0.25) is 0 Å². The summed E-state index contributed by atoms with van der Waals surface area (Å²) in [7, 11) is 0. The van der Waals surface area contributed by atoms with Crippen LogP contribution in [0.4, 0.5) is 0 Å². The lowest BCUT2D eigenvalue weighted by Gasteiger charge is -2.25. The Bertz CT molecular complexity index is 1080. The molecule has 0 spiro atoms. The Balaban J connectivity index is 2.24. The van der Waals surface area contributed by atoms with Crippen molar-refractivity contribution in [2.24, 2.45) is 11.5 Å². The normalized spacial score (nSPS) is 13.9. The Kier molecular flexibility index (Phi) is 11.2. The molecule has 0 heterocycles. The first-order chi connectivity index (χ1) is 17.6. The lowest BCUT2D eigenvalue weighted by atomic mass is 10.0. The fraction of sp³-hybridized carbons (Fsp3) is 0.346. The van der Waals surface area contributed by atoms with E-state index in [1.54, 1.807) is 60.7 Å². The summed E-state index contributed by atoms with van der Waals surface area (Å²) in [5.74, 6) is -3.82. The van der Waals surface area contributed by atoms with Gasteiger partial charge in [-0.1, -0.05) is 60.7 Å². The Hall–Kier alpha value is -4.25. The predicted molar refractivity (Wildman–Crippen MR) is 136 cm³/mol. The van der Waals surface area contributed by atoms with Gasteiger partial charge in [0.25, 0.3) is 0 Å². The number of primary amides is 1. The van der Waals surface area contributed by atoms with E-state index in [2.05, 4.69) is 16.0 Å². The molecule has 0 saturated heterocycles. The van der Waals surface area contributed by atoms with E-state index in [-0.39, 0.29) is 25.7 Å². The van der Waals surface area contributed by atoms with E-state index in [0.29, 0.717) is 0 Å². The van der Waals surface area contributed by atoms with Gasteiger partial charge in [0, 0.05) is 19.3 Å². The van der Waals surface area contributed by atoms with Crippen LogP contribution in [0.5, 0.6) is 0 Å². The molecular formula is C26H33N5O6. The maximum Gasteiger partial charge on any atom is 0.325 e. The summed E-state index contributed by atoms with van der Waals surface area (Å²) in [6, 6.07) is 13.4. The Morgan fingerprint density at radius 1 is 0.757 bits per heavy atom. The number of rotatable bonds is 14. The lowest BCUT2D eigenvalue weighted by molar-refractivity contribution is -0.141. The van der Waals surface area contributed by atoms with Crippen molar-refractivity contribution in [2.45, 2.75) is 56.8 Å². The second kappa shape index (κ2) is 14.3. The minimum Gasteiger partial charge on any atom is -0.480 e. The average molecular weight is 512 g/mol.